The van der Waals surface area contributed by atoms with Crippen molar-refractivity contribution in [1.29, 1.82) is 0 Å². The summed E-state index contributed by atoms with van der Waals surface area (Å²) in [5, 5.41) is 0. The van der Waals surface area contributed by atoms with E-state index in [4.69, 9.17) is 5.73 Å². The molecule has 0 spiro atoms. The first-order chi connectivity index (χ1) is 8.22. The van der Waals surface area contributed by atoms with Crippen molar-refractivity contribution in [2.75, 3.05) is 5.73 Å². The van der Waals surface area contributed by atoms with Crippen LogP contribution in [0.2, 0.25) is 0 Å². The van der Waals surface area contributed by atoms with Crippen molar-refractivity contribution >= 4 is 11.5 Å². The number of rotatable bonds is 3. The Morgan fingerprint density at radius 2 is 1.88 bits per heavy atom. The normalized spacial score (nSPS) is 10.2. The van der Waals surface area contributed by atoms with Crippen molar-refractivity contribution in [3.63, 3.8) is 0 Å². The second-order valence-electron chi connectivity index (χ2n) is 3.94. The van der Waals surface area contributed by atoms with Crippen LogP contribution in [0, 0.1) is 0 Å². The summed E-state index contributed by atoms with van der Waals surface area (Å²) in [6, 6.07) is 15.3. The number of carbonyl (C=O) groups is 1. The average molecular weight is 225 g/mol. The van der Waals surface area contributed by atoms with Gasteiger partial charge in [-0.05, 0) is 17.7 Å². The van der Waals surface area contributed by atoms with Crippen molar-refractivity contribution in [1.82, 2.24) is 0 Å². The SMILES string of the molecule is CCC(=O)c1cccc(-c2ccccc2N)c1. The van der Waals surface area contributed by atoms with Gasteiger partial charge in [0.2, 0.25) is 0 Å². The fourth-order valence-corrected chi connectivity index (χ4v) is 1.82. The highest BCUT2D eigenvalue weighted by atomic mass is 16.1. The minimum atomic E-state index is 0.154. The summed E-state index contributed by atoms with van der Waals surface area (Å²) in [5.74, 6) is 0.154. The Labute approximate surface area is 101 Å². The standard InChI is InChI=1S/C15H15NO/c1-2-15(17)12-7-5-6-11(10-12)13-8-3-4-9-14(13)16/h3-10H,2,16H2,1H3. The molecule has 0 atom stereocenters. The topological polar surface area (TPSA) is 43.1 Å². The monoisotopic (exact) mass is 225 g/mol. The van der Waals surface area contributed by atoms with Gasteiger partial charge >= 0.3 is 0 Å². The molecule has 0 aromatic heterocycles. The first kappa shape index (κ1) is 11.4. The van der Waals surface area contributed by atoms with Crippen LogP contribution < -0.4 is 5.73 Å². The highest BCUT2D eigenvalue weighted by Crippen LogP contribution is 2.26. The summed E-state index contributed by atoms with van der Waals surface area (Å²) in [6.07, 6.45) is 0.522. The van der Waals surface area contributed by atoms with Crippen LogP contribution >= 0.6 is 0 Å². The Morgan fingerprint density at radius 1 is 1.12 bits per heavy atom. The molecule has 0 heterocycles. The first-order valence-electron chi connectivity index (χ1n) is 5.70. The lowest BCUT2D eigenvalue weighted by molar-refractivity contribution is 0.0988. The molecule has 0 aliphatic heterocycles. The maximum absolute atomic E-state index is 11.7. The third kappa shape index (κ3) is 2.36. The Balaban J connectivity index is 2.47. The van der Waals surface area contributed by atoms with Crippen LogP contribution in [-0.2, 0) is 0 Å². The minimum Gasteiger partial charge on any atom is -0.398 e. The molecule has 0 amide bonds. The second-order valence-corrected chi connectivity index (χ2v) is 3.94. The van der Waals surface area contributed by atoms with Crippen molar-refractivity contribution in [3.8, 4) is 11.1 Å². The molecular weight excluding hydrogens is 210 g/mol. The summed E-state index contributed by atoms with van der Waals surface area (Å²) >= 11 is 0. The van der Waals surface area contributed by atoms with Gasteiger partial charge in [0.1, 0.15) is 0 Å². The van der Waals surface area contributed by atoms with Crippen LogP contribution in [0.4, 0.5) is 5.69 Å². The van der Waals surface area contributed by atoms with Crippen LogP contribution in [0.25, 0.3) is 11.1 Å². The number of nitrogens with two attached hydrogens (primary N) is 1. The molecule has 0 saturated carbocycles. The number of anilines is 1. The van der Waals surface area contributed by atoms with E-state index in [1.165, 1.54) is 0 Å². The number of nitrogen functional groups attached to an aromatic ring is 1. The number of Topliss-reactive ketones (excluding diaryl/α,β-unsaturated/α-hetero) is 1. The highest BCUT2D eigenvalue weighted by Gasteiger charge is 2.06. The van der Waals surface area contributed by atoms with Gasteiger partial charge < -0.3 is 5.73 Å². The van der Waals surface area contributed by atoms with Gasteiger partial charge in [-0.3, -0.25) is 4.79 Å². The van der Waals surface area contributed by atoms with E-state index in [-0.39, 0.29) is 5.78 Å². The van der Waals surface area contributed by atoms with Crippen molar-refractivity contribution in [3.05, 3.63) is 54.1 Å². The molecule has 2 aromatic carbocycles. The van der Waals surface area contributed by atoms with Crippen LogP contribution in [0.1, 0.15) is 23.7 Å². The zero-order valence-electron chi connectivity index (χ0n) is 9.81. The maximum atomic E-state index is 11.7. The highest BCUT2D eigenvalue weighted by molar-refractivity contribution is 5.97. The van der Waals surface area contributed by atoms with E-state index in [1.807, 2.05) is 55.5 Å². The first-order valence-corrected chi connectivity index (χ1v) is 5.70. The quantitative estimate of drug-likeness (QED) is 0.641. The van der Waals surface area contributed by atoms with Gasteiger partial charge in [-0.15, -0.1) is 0 Å². The molecule has 17 heavy (non-hydrogen) atoms. The molecular formula is C15H15NO. The zero-order valence-corrected chi connectivity index (χ0v) is 9.81. The van der Waals surface area contributed by atoms with E-state index < -0.39 is 0 Å². The molecule has 0 aliphatic rings. The number of hydrogen-bond acceptors (Lipinski definition) is 2. The predicted molar refractivity (Wildman–Crippen MR) is 70.9 cm³/mol. The molecule has 2 N–H and O–H groups in total. The van der Waals surface area contributed by atoms with Gasteiger partial charge in [0.05, 0.1) is 0 Å². The number of hydrogen-bond donors (Lipinski definition) is 1. The molecule has 0 fully saturated rings. The summed E-state index contributed by atoms with van der Waals surface area (Å²) < 4.78 is 0. The molecule has 2 nitrogen and oxygen atoms in total. The fourth-order valence-electron chi connectivity index (χ4n) is 1.82. The number of para-hydroxylation sites is 1. The molecule has 0 unspecified atom stereocenters. The van der Waals surface area contributed by atoms with Crippen LogP contribution in [0.15, 0.2) is 48.5 Å². The van der Waals surface area contributed by atoms with Gasteiger partial charge in [-0.2, -0.15) is 0 Å². The molecule has 2 rings (SSSR count). The smallest absolute Gasteiger partial charge is 0.162 e. The Bertz CT molecular complexity index is 546. The molecule has 86 valence electrons. The Kier molecular flexibility index (Phi) is 3.24. The van der Waals surface area contributed by atoms with E-state index in [0.29, 0.717) is 6.42 Å². The van der Waals surface area contributed by atoms with E-state index in [0.717, 1.165) is 22.4 Å². The van der Waals surface area contributed by atoms with E-state index >= 15 is 0 Å². The zero-order chi connectivity index (χ0) is 12.3. The molecule has 0 aliphatic carbocycles. The summed E-state index contributed by atoms with van der Waals surface area (Å²) in [5.41, 5.74) is 9.36. The summed E-state index contributed by atoms with van der Waals surface area (Å²) in [4.78, 5) is 11.7. The minimum absolute atomic E-state index is 0.154. The van der Waals surface area contributed by atoms with E-state index in [9.17, 15) is 4.79 Å². The average Bonchev–Trinajstić information content (AvgIpc) is 2.38. The van der Waals surface area contributed by atoms with Crippen molar-refractivity contribution in [2.45, 2.75) is 13.3 Å². The Morgan fingerprint density at radius 3 is 2.59 bits per heavy atom. The van der Waals surface area contributed by atoms with Gasteiger partial charge in [0, 0.05) is 23.2 Å². The lowest BCUT2D eigenvalue weighted by Crippen LogP contribution is -1.97. The van der Waals surface area contributed by atoms with Crippen LogP contribution in [0.3, 0.4) is 0 Å². The van der Waals surface area contributed by atoms with E-state index in [2.05, 4.69) is 0 Å². The number of ketones is 1. The number of carbonyl (C=O) groups excluding carboxylic acids is 1. The third-order valence-electron chi connectivity index (χ3n) is 2.78. The fraction of sp³-hybridized carbons (Fsp3) is 0.133. The molecule has 0 saturated heterocycles. The van der Waals surface area contributed by atoms with E-state index in [1.54, 1.807) is 0 Å². The van der Waals surface area contributed by atoms with Gasteiger partial charge in [-0.25, -0.2) is 0 Å². The van der Waals surface area contributed by atoms with Crippen molar-refractivity contribution < 1.29 is 4.79 Å². The lowest BCUT2D eigenvalue weighted by atomic mass is 9.99. The van der Waals surface area contributed by atoms with Gasteiger partial charge in [0.15, 0.2) is 5.78 Å². The molecule has 2 heteroatoms. The third-order valence-corrected chi connectivity index (χ3v) is 2.78. The summed E-state index contributed by atoms with van der Waals surface area (Å²) in [7, 11) is 0. The van der Waals surface area contributed by atoms with Gasteiger partial charge in [0.25, 0.3) is 0 Å². The summed E-state index contributed by atoms with van der Waals surface area (Å²) in [6.45, 7) is 1.87. The van der Waals surface area contributed by atoms with Crippen LogP contribution in [0.5, 0.6) is 0 Å². The largest absolute Gasteiger partial charge is 0.398 e. The predicted octanol–water partition coefficient (Wildman–Crippen LogP) is 3.53. The number of benzene rings is 2. The van der Waals surface area contributed by atoms with Crippen LogP contribution in [-0.4, -0.2) is 5.78 Å². The molecule has 0 bridgehead atoms. The van der Waals surface area contributed by atoms with Crippen molar-refractivity contribution in [2.24, 2.45) is 0 Å². The van der Waals surface area contributed by atoms with Gasteiger partial charge in [-0.1, -0.05) is 43.3 Å². The Hall–Kier alpha value is -2.09. The molecule has 2 aromatic rings. The molecule has 0 radical (unpaired) electrons. The second kappa shape index (κ2) is 4.83. The maximum Gasteiger partial charge on any atom is 0.162 e. The lowest BCUT2D eigenvalue weighted by Gasteiger charge is -2.07.